The Morgan fingerprint density at radius 3 is 2.33 bits per heavy atom. The van der Waals surface area contributed by atoms with E-state index >= 15 is 0 Å². The van der Waals surface area contributed by atoms with Crippen molar-refractivity contribution < 1.29 is 22.3 Å². The van der Waals surface area contributed by atoms with Crippen LogP contribution in [-0.4, -0.2) is 9.97 Å². The molecule has 1 aliphatic heterocycles. The fourth-order valence-corrected chi connectivity index (χ4v) is 4.49. The highest BCUT2D eigenvalue weighted by molar-refractivity contribution is 6.33. The lowest BCUT2D eigenvalue weighted by molar-refractivity contribution is -0.137. The standard InChI is InChI=1S/C27H16Cl2F4N2O/c1-26(2)24-23(34-25(35-24)22-19(29)4-3-5-20(22)30)16-10-8-15(13-21(16)36-26)7-6-14-9-11-18(28)17(12-14)27(31,32)33/h3-5,8-13H,1-2H3,(H,34,35). The van der Waals surface area contributed by atoms with Crippen molar-refractivity contribution >= 4 is 23.2 Å². The minimum absolute atomic E-state index is 0.162. The van der Waals surface area contributed by atoms with Crippen molar-refractivity contribution in [3.05, 3.63) is 92.8 Å². The molecule has 0 spiro atoms. The van der Waals surface area contributed by atoms with Gasteiger partial charge in [0.25, 0.3) is 0 Å². The molecular weight excluding hydrogens is 515 g/mol. The van der Waals surface area contributed by atoms with Crippen LogP contribution >= 0.6 is 23.2 Å². The van der Waals surface area contributed by atoms with Gasteiger partial charge >= 0.3 is 6.18 Å². The zero-order valence-electron chi connectivity index (χ0n) is 18.8. The lowest BCUT2D eigenvalue weighted by Gasteiger charge is -2.31. The summed E-state index contributed by atoms with van der Waals surface area (Å²) in [6, 6.07) is 13.1. The Bertz CT molecular complexity index is 1560. The summed E-state index contributed by atoms with van der Waals surface area (Å²) < 4.78 is 60.1. The van der Waals surface area contributed by atoms with Gasteiger partial charge in [-0.2, -0.15) is 13.2 Å². The van der Waals surface area contributed by atoms with Crippen molar-refractivity contribution in [3.63, 3.8) is 0 Å². The number of halogens is 6. The molecule has 0 aliphatic carbocycles. The SMILES string of the molecule is CC1(C)Oc2cc(C#Cc3ccc(Cl)c(C(F)(F)F)c3)ccc2-c2nc(-c3c(F)cccc3Cl)[nH]c21. The van der Waals surface area contributed by atoms with Gasteiger partial charge in [0.1, 0.15) is 23.0 Å². The highest BCUT2D eigenvalue weighted by atomic mass is 35.5. The number of nitrogens with zero attached hydrogens (tertiary/aromatic N) is 1. The highest BCUT2D eigenvalue weighted by Crippen LogP contribution is 2.45. The van der Waals surface area contributed by atoms with Gasteiger partial charge in [-0.05, 0) is 62.4 Å². The van der Waals surface area contributed by atoms with Gasteiger partial charge in [0.2, 0.25) is 0 Å². The molecule has 36 heavy (non-hydrogen) atoms. The third-order valence-corrected chi connectivity index (χ3v) is 6.37. The molecule has 1 N–H and O–H groups in total. The quantitative estimate of drug-likeness (QED) is 0.199. The molecule has 0 saturated carbocycles. The van der Waals surface area contributed by atoms with Gasteiger partial charge in [0, 0.05) is 16.7 Å². The lowest BCUT2D eigenvalue weighted by Crippen LogP contribution is -2.29. The molecule has 3 aromatic carbocycles. The fourth-order valence-electron chi connectivity index (χ4n) is 4.02. The summed E-state index contributed by atoms with van der Waals surface area (Å²) in [5.74, 6) is 5.88. The third kappa shape index (κ3) is 4.32. The minimum atomic E-state index is -4.58. The van der Waals surface area contributed by atoms with E-state index in [-0.39, 0.29) is 27.0 Å². The number of fused-ring (bicyclic) bond motifs is 3. The topological polar surface area (TPSA) is 37.9 Å². The van der Waals surface area contributed by atoms with Crippen LogP contribution in [0.25, 0.3) is 22.6 Å². The number of alkyl halides is 3. The molecule has 0 radical (unpaired) electrons. The third-order valence-electron chi connectivity index (χ3n) is 5.73. The van der Waals surface area contributed by atoms with E-state index in [1.165, 1.54) is 24.3 Å². The summed E-state index contributed by atoms with van der Waals surface area (Å²) in [5, 5.41) is -0.162. The highest BCUT2D eigenvalue weighted by Gasteiger charge is 2.37. The molecule has 0 bridgehead atoms. The van der Waals surface area contributed by atoms with Crippen LogP contribution in [0.3, 0.4) is 0 Å². The molecule has 1 aromatic heterocycles. The van der Waals surface area contributed by atoms with Gasteiger partial charge in [-0.1, -0.05) is 41.1 Å². The summed E-state index contributed by atoms with van der Waals surface area (Å²) in [5.41, 5.74) is 0.992. The zero-order chi connectivity index (χ0) is 25.8. The molecular formula is C27H16Cl2F4N2O. The number of benzene rings is 3. The molecule has 0 unspecified atom stereocenters. The first-order chi connectivity index (χ1) is 16.9. The van der Waals surface area contributed by atoms with Crippen molar-refractivity contribution in [2.75, 3.05) is 0 Å². The predicted octanol–water partition coefficient (Wildman–Crippen LogP) is 8.24. The second-order valence-corrected chi connectivity index (χ2v) is 9.49. The second-order valence-electron chi connectivity index (χ2n) is 8.67. The average Bonchev–Trinajstić information content (AvgIpc) is 3.23. The largest absolute Gasteiger partial charge is 0.481 e. The number of H-pyrrole nitrogens is 1. The Balaban J connectivity index is 1.54. The van der Waals surface area contributed by atoms with Crippen LogP contribution in [0.5, 0.6) is 5.75 Å². The molecule has 0 fully saturated rings. The van der Waals surface area contributed by atoms with E-state index in [4.69, 9.17) is 27.9 Å². The number of imidazole rings is 1. The van der Waals surface area contributed by atoms with Gasteiger partial charge < -0.3 is 9.72 Å². The predicted molar refractivity (Wildman–Crippen MR) is 131 cm³/mol. The molecule has 9 heteroatoms. The molecule has 5 rings (SSSR count). The fraction of sp³-hybridized carbons (Fsp3) is 0.148. The van der Waals surface area contributed by atoms with E-state index in [2.05, 4.69) is 21.8 Å². The van der Waals surface area contributed by atoms with Crippen molar-refractivity contribution in [3.8, 4) is 40.2 Å². The first-order valence-electron chi connectivity index (χ1n) is 10.7. The number of rotatable bonds is 1. The van der Waals surface area contributed by atoms with E-state index < -0.39 is 23.2 Å². The number of hydrogen-bond donors (Lipinski definition) is 1. The van der Waals surface area contributed by atoms with E-state index in [0.717, 1.165) is 6.07 Å². The van der Waals surface area contributed by atoms with Crippen LogP contribution < -0.4 is 4.74 Å². The van der Waals surface area contributed by atoms with Crippen molar-refractivity contribution in [1.29, 1.82) is 0 Å². The molecule has 0 amide bonds. The Morgan fingerprint density at radius 1 is 0.944 bits per heavy atom. The zero-order valence-corrected chi connectivity index (χ0v) is 20.3. The molecule has 182 valence electrons. The average molecular weight is 531 g/mol. The summed E-state index contributed by atoms with van der Waals surface area (Å²) in [6.45, 7) is 3.68. The summed E-state index contributed by atoms with van der Waals surface area (Å²) in [4.78, 5) is 7.78. The first-order valence-corrected chi connectivity index (χ1v) is 11.5. The Hall–Kier alpha value is -3.47. The van der Waals surface area contributed by atoms with Crippen LogP contribution in [0.1, 0.15) is 36.2 Å². The van der Waals surface area contributed by atoms with E-state index in [1.54, 1.807) is 24.3 Å². The second kappa shape index (κ2) is 8.58. The van der Waals surface area contributed by atoms with Gasteiger partial charge in [-0.25, -0.2) is 9.37 Å². The van der Waals surface area contributed by atoms with Crippen molar-refractivity contribution in [2.45, 2.75) is 25.6 Å². The molecule has 1 aliphatic rings. The van der Waals surface area contributed by atoms with E-state index in [1.807, 2.05) is 13.8 Å². The van der Waals surface area contributed by atoms with Gasteiger partial charge in [-0.3, -0.25) is 0 Å². The van der Waals surface area contributed by atoms with Crippen molar-refractivity contribution in [2.24, 2.45) is 0 Å². The summed E-state index contributed by atoms with van der Waals surface area (Å²) in [7, 11) is 0. The van der Waals surface area contributed by atoms with Crippen LogP contribution in [0, 0.1) is 17.7 Å². The van der Waals surface area contributed by atoms with Crippen LogP contribution in [0.2, 0.25) is 10.0 Å². The summed E-state index contributed by atoms with van der Waals surface area (Å²) in [6.07, 6.45) is -4.58. The van der Waals surface area contributed by atoms with E-state index in [0.29, 0.717) is 28.3 Å². The van der Waals surface area contributed by atoms with E-state index in [9.17, 15) is 17.6 Å². The number of aromatic amines is 1. The van der Waals surface area contributed by atoms with Gasteiger partial charge in [0.05, 0.1) is 32.6 Å². The van der Waals surface area contributed by atoms with Crippen LogP contribution in [0.4, 0.5) is 17.6 Å². The Morgan fingerprint density at radius 2 is 1.64 bits per heavy atom. The molecule has 0 saturated heterocycles. The maximum Gasteiger partial charge on any atom is 0.417 e. The number of aromatic nitrogens is 2. The van der Waals surface area contributed by atoms with Crippen molar-refractivity contribution in [1.82, 2.24) is 9.97 Å². The lowest BCUT2D eigenvalue weighted by atomic mass is 9.94. The first kappa shape index (κ1) is 24.2. The molecule has 2 heterocycles. The molecule has 4 aromatic rings. The van der Waals surface area contributed by atoms with Crippen LogP contribution in [-0.2, 0) is 11.8 Å². The Kier molecular flexibility index (Phi) is 5.77. The Labute approximate surface area is 214 Å². The van der Waals surface area contributed by atoms with Gasteiger partial charge in [0.15, 0.2) is 0 Å². The van der Waals surface area contributed by atoms with Crippen LogP contribution in [0.15, 0.2) is 54.6 Å². The maximum atomic E-state index is 14.5. The molecule has 3 nitrogen and oxygen atoms in total. The number of hydrogen-bond acceptors (Lipinski definition) is 2. The monoisotopic (exact) mass is 530 g/mol. The smallest absolute Gasteiger partial charge is 0.417 e. The van der Waals surface area contributed by atoms with Gasteiger partial charge in [-0.15, -0.1) is 0 Å². The number of nitrogens with one attached hydrogen (secondary N) is 1. The minimum Gasteiger partial charge on any atom is -0.481 e. The number of ether oxygens (including phenoxy) is 1. The normalized spacial score (nSPS) is 13.8. The maximum absolute atomic E-state index is 14.5. The molecule has 0 atom stereocenters. The summed E-state index contributed by atoms with van der Waals surface area (Å²) >= 11 is 11.9.